The van der Waals surface area contributed by atoms with E-state index < -0.39 is 11.8 Å². The van der Waals surface area contributed by atoms with E-state index >= 15 is 0 Å². The summed E-state index contributed by atoms with van der Waals surface area (Å²) >= 11 is 0. The van der Waals surface area contributed by atoms with Crippen molar-refractivity contribution in [3.8, 4) is 5.75 Å². The molecule has 0 saturated carbocycles. The Morgan fingerprint density at radius 1 is 0.667 bits per heavy atom. The Labute approximate surface area is 174 Å². The van der Waals surface area contributed by atoms with Crippen molar-refractivity contribution in [2.45, 2.75) is 6.61 Å². The molecule has 0 aliphatic rings. The molecule has 3 aromatic rings. The minimum Gasteiger partial charge on any atom is -0.489 e. The molecule has 0 aromatic heterocycles. The lowest BCUT2D eigenvalue weighted by Crippen LogP contribution is -2.46. The van der Waals surface area contributed by atoms with Crippen LogP contribution in [0.1, 0.15) is 26.3 Å². The van der Waals surface area contributed by atoms with E-state index in [1.807, 2.05) is 30.3 Å². The average molecular weight is 403 g/mol. The van der Waals surface area contributed by atoms with Gasteiger partial charge in [0, 0.05) is 11.1 Å². The van der Waals surface area contributed by atoms with Crippen LogP contribution in [0.4, 0.5) is 0 Å². The molecule has 0 aliphatic carbocycles. The number of ether oxygens (including phenoxy) is 1. The van der Waals surface area contributed by atoms with Crippen LogP contribution < -0.4 is 20.9 Å². The van der Waals surface area contributed by atoms with Gasteiger partial charge in [-0.25, -0.2) is 0 Å². The van der Waals surface area contributed by atoms with Crippen molar-refractivity contribution in [2.75, 3.05) is 6.54 Å². The molecule has 152 valence electrons. The molecule has 30 heavy (non-hydrogen) atoms. The number of carbonyl (C=O) groups excluding carboxylic acids is 3. The van der Waals surface area contributed by atoms with Gasteiger partial charge >= 0.3 is 0 Å². The van der Waals surface area contributed by atoms with Gasteiger partial charge in [0.05, 0.1) is 6.54 Å². The van der Waals surface area contributed by atoms with E-state index in [4.69, 9.17) is 4.74 Å². The van der Waals surface area contributed by atoms with Crippen molar-refractivity contribution >= 4 is 17.7 Å². The van der Waals surface area contributed by atoms with E-state index in [-0.39, 0.29) is 12.5 Å². The zero-order valence-corrected chi connectivity index (χ0v) is 16.1. The monoisotopic (exact) mass is 403 g/mol. The van der Waals surface area contributed by atoms with Crippen LogP contribution in [-0.2, 0) is 11.4 Å². The molecule has 0 radical (unpaired) electrons. The van der Waals surface area contributed by atoms with Gasteiger partial charge in [0.15, 0.2) is 0 Å². The summed E-state index contributed by atoms with van der Waals surface area (Å²) in [6.45, 7) is 0.119. The predicted octanol–water partition coefficient (Wildman–Crippen LogP) is 2.46. The van der Waals surface area contributed by atoms with Crippen LogP contribution in [0.15, 0.2) is 84.9 Å². The second-order valence-electron chi connectivity index (χ2n) is 6.35. The lowest BCUT2D eigenvalue weighted by molar-refractivity contribution is -0.120. The maximum atomic E-state index is 12.2. The van der Waals surface area contributed by atoms with Crippen molar-refractivity contribution in [3.05, 3.63) is 102 Å². The second kappa shape index (κ2) is 10.4. The zero-order chi connectivity index (χ0) is 21.2. The van der Waals surface area contributed by atoms with Crippen molar-refractivity contribution in [1.29, 1.82) is 0 Å². The van der Waals surface area contributed by atoms with Crippen LogP contribution in [0.2, 0.25) is 0 Å². The molecule has 0 atom stereocenters. The fourth-order valence-corrected chi connectivity index (χ4v) is 2.53. The van der Waals surface area contributed by atoms with Gasteiger partial charge in [0.2, 0.25) is 0 Å². The van der Waals surface area contributed by atoms with Gasteiger partial charge in [-0.15, -0.1) is 0 Å². The van der Waals surface area contributed by atoms with Crippen LogP contribution in [0.5, 0.6) is 5.75 Å². The summed E-state index contributed by atoms with van der Waals surface area (Å²) in [7, 11) is 0. The summed E-state index contributed by atoms with van der Waals surface area (Å²) in [4.78, 5) is 35.9. The first kappa shape index (κ1) is 20.6. The van der Waals surface area contributed by atoms with Crippen molar-refractivity contribution in [1.82, 2.24) is 16.2 Å². The fourth-order valence-electron chi connectivity index (χ4n) is 2.53. The molecule has 0 aliphatic heterocycles. The Bertz CT molecular complexity index is 990. The third-order valence-electron chi connectivity index (χ3n) is 4.13. The van der Waals surface area contributed by atoms with Gasteiger partial charge in [-0.3, -0.25) is 25.2 Å². The largest absolute Gasteiger partial charge is 0.489 e. The van der Waals surface area contributed by atoms with Crippen LogP contribution in [0, 0.1) is 0 Å². The van der Waals surface area contributed by atoms with Gasteiger partial charge in [-0.2, -0.15) is 0 Å². The molecule has 7 nitrogen and oxygen atoms in total. The number of amides is 3. The molecule has 3 rings (SSSR count). The smallest absolute Gasteiger partial charge is 0.269 e. The van der Waals surface area contributed by atoms with Gasteiger partial charge in [0.25, 0.3) is 17.7 Å². The fraction of sp³-hybridized carbons (Fsp3) is 0.0870. The Kier molecular flexibility index (Phi) is 7.16. The normalized spacial score (nSPS) is 10.0. The first-order valence-corrected chi connectivity index (χ1v) is 9.31. The topological polar surface area (TPSA) is 96.5 Å². The SMILES string of the molecule is O=C(CNC(=O)c1ccccc1)NNC(=O)c1ccc(COc2ccccc2)cc1. The van der Waals surface area contributed by atoms with E-state index in [9.17, 15) is 14.4 Å². The number of carbonyl (C=O) groups is 3. The Morgan fingerprint density at radius 3 is 1.93 bits per heavy atom. The number of nitrogens with one attached hydrogen (secondary N) is 3. The summed E-state index contributed by atoms with van der Waals surface area (Å²) in [5.41, 5.74) is 6.33. The highest BCUT2D eigenvalue weighted by atomic mass is 16.5. The first-order valence-electron chi connectivity index (χ1n) is 9.31. The number of hydrogen-bond acceptors (Lipinski definition) is 4. The quantitative estimate of drug-likeness (QED) is 0.528. The van der Waals surface area contributed by atoms with Crippen molar-refractivity contribution < 1.29 is 19.1 Å². The second-order valence-corrected chi connectivity index (χ2v) is 6.35. The maximum Gasteiger partial charge on any atom is 0.269 e. The molecule has 0 saturated heterocycles. The molecule has 0 heterocycles. The van der Waals surface area contributed by atoms with Crippen LogP contribution >= 0.6 is 0 Å². The molecule has 0 spiro atoms. The third kappa shape index (κ3) is 6.20. The van der Waals surface area contributed by atoms with E-state index in [2.05, 4.69) is 16.2 Å². The lowest BCUT2D eigenvalue weighted by Gasteiger charge is -2.09. The zero-order valence-electron chi connectivity index (χ0n) is 16.1. The highest BCUT2D eigenvalue weighted by Crippen LogP contribution is 2.12. The van der Waals surface area contributed by atoms with E-state index in [1.165, 1.54) is 0 Å². The predicted molar refractivity (Wildman–Crippen MR) is 112 cm³/mol. The summed E-state index contributed by atoms with van der Waals surface area (Å²) < 4.78 is 5.66. The highest BCUT2D eigenvalue weighted by Gasteiger charge is 2.10. The third-order valence-corrected chi connectivity index (χ3v) is 4.13. The molecule has 7 heteroatoms. The minimum atomic E-state index is -0.541. The maximum absolute atomic E-state index is 12.2. The van der Waals surface area contributed by atoms with E-state index in [1.54, 1.807) is 54.6 Å². The molecule has 0 fully saturated rings. The van der Waals surface area contributed by atoms with Crippen molar-refractivity contribution in [3.63, 3.8) is 0 Å². The van der Waals surface area contributed by atoms with Gasteiger partial charge in [-0.05, 0) is 42.0 Å². The lowest BCUT2D eigenvalue weighted by atomic mass is 10.1. The standard InChI is InChI=1S/C23H21N3O4/c27-21(15-24-22(28)18-7-3-1-4-8-18)25-26-23(29)19-13-11-17(12-14-19)16-30-20-9-5-2-6-10-20/h1-14H,15-16H2,(H,24,28)(H,25,27)(H,26,29). The Balaban J connectivity index is 1.40. The van der Waals surface area contributed by atoms with Gasteiger partial charge in [-0.1, -0.05) is 48.5 Å². The minimum absolute atomic E-state index is 0.260. The molecular weight excluding hydrogens is 382 g/mol. The Hall–Kier alpha value is -4.13. The molecule has 3 aromatic carbocycles. The Morgan fingerprint density at radius 2 is 1.27 bits per heavy atom. The van der Waals surface area contributed by atoms with Gasteiger partial charge in [0.1, 0.15) is 12.4 Å². The highest BCUT2D eigenvalue weighted by molar-refractivity contribution is 5.98. The number of hydrogen-bond donors (Lipinski definition) is 3. The summed E-state index contributed by atoms with van der Waals surface area (Å²) in [6, 6.07) is 24.8. The van der Waals surface area contributed by atoms with E-state index in [0.29, 0.717) is 17.7 Å². The van der Waals surface area contributed by atoms with Crippen LogP contribution in [0.3, 0.4) is 0 Å². The summed E-state index contributed by atoms with van der Waals surface area (Å²) in [5.74, 6) is -0.611. The van der Waals surface area contributed by atoms with Crippen molar-refractivity contribution in [2.24, 2.45) is 0 Å². The van der Waals surface area contributed by atoms with Gasteiger partial charge < -0.3 is 10.1 Å². The molecule has 3 amide bonds. The molecular formula is C23H21N3O4. The molecule has 0 bridgehead atoms. The number of rotatable bonds is 7. The van der Waals surface area contributed by atoms with E-state index in [0.717, 1.165) is 11.3 Å². The molecule has 3 N–H and O–H groups in total. The molecule has 0 unspecified atom stereocenters. The number of benzene rings is 3. The number of hydrazine groups is 1. The van der Waals surface area contributed by atoms with Crippen LogP contribution in [-0.4, -0.2) is 24.3 Å². The number of para-hydroxylation sites is 1. The first-order chi connectivity index (χ1) is 14.6. The average Bonchev–Trinajstić information content (AvgIpc) is 2.81. The summed E-state index contributed by atoms with van der Waals surface area (Å²) in [5, 5.41) is 2.48. The summed E-state index contributed by atoms with van der Waals surface area (Å²) in [6.07, 6.45) is 0. The van der Waals surface area contributed by atoms with Crippen LogP contribution in [0.25, 0.3) is 0 Å².